The predicted octanol–water partition coefficient (Wildman–Crippen LogP) is 6.18. The van der Waals surface area contributed by atoms with Crippen molar-refractivity contribution in [1.82, 2.24) is 14.7 Å². The lowest BCUT2D eigenvalue weighted by Crippen LogP contribution is -2.54. The summed E-state index contributed by atoms with van der Waals surface area (Å²) in [7, 11) is 0. The maximum absolute atomic E-state index is 15.1. The zero-order valence-corrected chi connectivity index (χ0v) is 27.1. The molecule has 4 rings (SSSR count). The van der Waals surface area contributed by atoms with Crippen LogP contribution in [0, 0.1) is 28.4 Å². The molecule has 2 heterocycles. The summed E-state index contributed by atoms with van der Waals surface area (Å²) < 4.78 is 28.9. The molecule has 1 aromatic rings. The third-order valence-electron chi connectivity index (χ3n) is 9.95. The number of Topliss-reactive ketones (excluding diaryl/α,β-unsaturated/α-hetero) is 1. The zero-order valence-electron chi connectivity index (χ0n) is 27.1. The first kappa shape index (κ1) is 32.6. The van der Waals surface area contributed by atoms with E-state index in [4.69, 9.17) is 0 Å². The average molecular weight is 588 g/mol. The number of benzene rings is 1. The molecule has 0 radical (unpaired) electrons. The topological polar surface area (TPSA) is 60.9 Å². The van der Waals surface area contributed by atoms with Gasteiger partial charge >= 0.3 is 0 Å². The molecule has 42 heavy (non-hydrogen) atoms. The Bertz CT molecular complexity index is 1190. The van der Waals surface area contributed by atoms with Crippen LogP contribution in [-0.4, -0.2) is 75.6 Å². The Labute approximate surface area is 251 Å². The van der Waals surface area contributed by atoms with Crippen molar-refractivity contribution in [2.45, 2.75) is 124 Å². The Morgan fingerprint density at radius 3 is 2.07 bits per heavy atom. The molecule has 1 aliphatic carbocycles. The summed E-state index contributed by atoms with van der Waals surface area (Å²) in [4.78, 5) is 47.3. The van der Waals surface area contributed by atoms with Crippen LogP contribution in [0.25, 0.3) is 0 Å². The molecule has 2 aliphatic heterocycles. The number of hydrogen-bond donors (Lipinski definition) is 0. The molecule has 1 saturated carbocycles. The summed E-state index contributed by atoms with van der Waals surface area (Å²) in [6, 6.07) is 2.74. The fraction of sp³-hybridized carbons (Fsp3) is 0.735. The number of ketones is 1. The second-order valence-corrected chi connectivity index (χ2v) is 15.8. The van der Waals surface area contributed by atoms with E-state index in [2.05, 4.69) is 39.5 Å². The largest absolute Gasteiger partial charge is 0.334 e. The van der Waals surface area contributed by atoms with Gasteiger partial charge in [0.2, 0.25) is 11.8 Å². The van der Waals surface area contributed by atoms with Crippen LogP contribution in [-0.2, 0) is 14.4 Å². The first-order valence-corrected chi connectivity index (χ1v) is 15.6. The van der Waals surface area contributed by atoms with E-state index >= 15 is 4.39 Å². The van der Waals surface area contributed by atoms with Gasteiger partial charge in [-0.25, -0.2) is 8.78 Å². The Balaban J connectivity index is 1.67. The lowest BCUT2D eigenvalue weighted by molar-refractivity contribution is -0.147. The van der Waals surface area contributed by atoms with Crippen LogP contribution in [0.15, 0.2) is 18.2 Å². The van der Waals surface area contributed by atoms with E-state index in [9.17, 15) is 18.8 Å². The number of carbonyl (C=O) groups excluding carboxylic acids is 3. The minimum absolute atomic E-state index is 0.0554. The Kier molecular flexibility index (Phi) is 9.01. The molecule has 2 amide bonds. The van der Waals surface area contributed by atoms with E-state index in [1.165, 1.54) is 19.1 Å². The molecule has 1 aromatic carbocycles. The molecule has 1 unspecified atom stereocenters. The van der Waals surface area contributed by atoms with Crippen LogP contribution in [0.3, 0.4) is 0 Å². The highest BCUT2D eigenvalue weighted by Gasteiger charge is 2.50. The molecular weight excluding hydrogens is 536 g/mol. The minimum atomic E-state index is -0.654. The van der Waals surface area contributed by atoms with E-state index in [1.54, 1.807) is 4.90 Å². The lowest BCUT2D eigenvalue weighted by Gasteiger charge is -2.45. The molecule has 8 heteroatoms. The summed E-state index contributed by atoms with van der Waals surface area (Å²) >= 11 is 0. The monoisotopic (exact) mass is 587 g/mol. The van der Waals surface area contributed by atoms with Gasteiger partial charge in [-0.15, -0.1) is 0 Å². The molecule has 234 valence electrons. The van der Waals surface area contributed by atoms with Crippen LogP contribution in [0.1, 0.15) is 106 Å². The molecule has 3 fully saturated rings. The van der Waals surface area contributed by atoms with Crippen LogP contribution in [0.2, 0.25) is 0 Å². The van der Waals surface area contributed by atoms with Gasteiger partial charge < -0.3 is 9.80 Å². The Morgan fingerprint density at radius 1 is 0.929 bits per heavy atom. The summed E-state index contributed by atoms with van der Waals surface area (Å²) in [5.74, 6) is -2.61. The lowest BCUT2D eigenvalue weighted by atomic mass is 9.74. The van der Waals surface area contributed by atoms with Gasteiger partial charge in [0, 0.05) is 48.6 Å². The molecule has 0 spiro atoms. The summed E-state index contributed by atoms with van der Waals surface area (Å²) in [5, 5.41) is 0. The molecule has 0 aromatic heterocycles. The number of likely N-dealkylation sites (tertiary alicyclic amines) is 2. The maximum atomic E-state index is 15.1. The minimum Gasteiger partial charge on any atom is -0.334 e. The zero-order chi connectivity index (χ0) is 31.4. The van der Waals surface area contributed by atoms with Gasteiger partial charge in [-0.2, -0.15) is 0 Å². The number of nitrogens with zero attached hydrogens (tertiary/aromatic N) is 3. The second kappa shape index (κ2) is 11.6. The Hall–Kier alpha value is -2.35. The van der Waals surface area contributed by atoms with Gasteiger partial charge in [0.05, 0.1) is 18.0 Å². The molecule has 4 atom stereocenters. The van der Waals surface area contributed by atoms with Crippen molar-refractivity contribution in [1.29, 1.82) is 0 Å². The normalized spacial score (nSPS) is 27.4. The van der Waals surface area contributed by atoms with Gasteiger partial charge in [-0.1, -0.05) is 40.7 Å². The number of carbonyl (C=O) groups is 3. The van der Waals surface area contributed by atoms with Crippen LogP contribution in [0.4, 0.5) is 8.78 Å². The first-order chi connectivity index (χ1) is 19.3. The number of halogens is 2. The maximum Gasteiger partial charge on any atom is 0.228 e. The van der Waals surface area contributed by atoms with Gasteiger partial charge in [-0.05, 0) is 76.8 Å². The van der Waals surface area contributed by atoms with E-state index in [1.807, 2.05) is 25.7 Å². The van der Waals surface area contributed by atoms with E-state index in [0.717, 1.165) is 31.7 Å². The van der Waals surface area contributed by atoms with Gasteiger partial charge in [-0.3, -0.25) is 19.3 Å². The van der Waals surface area contributed by atoms with Crippen molar-refractivity contribution in [3.63, 3.8) is 0 Å². The number of rotatable bonds is 5. The highest BCUT2D eigenvalue weighted by Crippen LogP contribution is 2.42. The average Bonchev–Trinajstić information content (AvgIpc) is 3.50. The molecule has 6 nitrogen and oxygen atoms in total. The Morgan fingerprint density at radius 2 is 1.55 bits per heavy atom. The summed E-state index contributed by atoms with van der Waals surface area (Å²) in [5.41, 5.74) is -0.299. The third-order valence-corrected chi connectivity index (χ3v) is 9.95. The van der Waals surface area contributed by atoms with Gasteiger partial charge in [0.15, 0.2) is 5.78 Å². The van der Waals surface area contributed by atoms with Crippen molar-refractivity contribution < 1.29 is 23.2 Å². The molecule has 3 aliphatic rings. The van der Waals surface area contributed by atoms with Crippen molar-refractivity contribution in [3.8, 4) is 0 Å². The van der Waals surface area contributed by atoms with E-state index < -0.39 is 34.9 Å². The highest BCUT2D eigenvalue weighted by atomic mass is 19.1. The number of amides is 2. The van der Waals surface area contributed by atoms with E-state index in [0.29, 0.717) is 25.1 Å². The highest BCUT2D eigenvalue weighted by molar-refractivity contribution is 5.90. The fourth-order valence-electron chi connectivity index (χ4n) is 7.26. The van der Waals surface area contributed by atoms with Gasteiger partial charge in [0.1, 0.15) is 11.6 Å². The van der Waals surface area contributed by atoms with Crippen LogP contribution >= 0.6 is 0 Å². The summed E-state index contributed by atoms with van der Waals surface area (Å²) in [6.45, 7) is 19.2. The molecular formula is C34H51F2N3O3. The smallest absolute Gasteiger partial charge is 0.228 e. The quantitative estimate of drug-likeness (QED) is 0.413. The molecule has 2 saturated heterocycles. The van der Waals surface area contributed by atoms with Crippen molar-refractivity contribution >= 4 is 17.6 Å². The number of hydrogen-bond acceptors (Lipinski definition) is 4. The first-order valence-electron chi connectivity index (χ1n) is 15.6. The predicted molar refractivity (Wildman–Crippen MR) is 161 cm³/mol. The van der Waals surface area contributed by atoms with Crippen molar-refractivity contribution in [2.75, 3.05) is 19.6 Å². The van der Waals surface area contributed by atoms with Crippen molar-refractivity contribution in [2.24, 2.45) is 16.7 Å². The standard InChI is InChI=1S/C34H51F2N3O3/c1-21(40)29-17-24(39(31(42)32(2,3)4)23-12-14-34(8,9)15-13-23)18-38(29)30(41)27-20-37(33(5,6)7)19-26(27)25-11-10-22(35)16-28(25)36/h10-11,16,23-24,26-27,29H,12-15,17-20H2,1-9H3/t24-,26-,27?,29+/m0/s1. The fourth-order valence-corrected chi connectivity index (χ4v) is 7.26. The summed E-state index contributed by atoms with van der Waals surface area (Å²) in [6.07, 6.45) is 4.26. The second-order valence-electron chi connectivity index (χ2n) is 15.8. The third kappa shape index (κ3) is 6.74. The van der Waals surface area contributed by atoms with Crippen LogP contribution in [0.5, 0.6) is 0 Å². The van der Waals surface area contributed by atoms with Gasteiger partial charge in [0.25, 0.3) is 0 Å². The SMILES string of the molecule is CC(=O)[C@H]1C[C@H](N(C(=O)C(C)(C)C)C2CCC(C)(C)CC2)CN1C(=O)C1CN(C(C)(C)C)C[C@H]1c1ccc(F)cc1F. The van der Waals surface area contributed by atoms with Crippen LogP contribution < -0.4 is 0 Å². The molecule has 0 N–H and O–H groups in total. The molecule has 0 bridgehead atoms. The van der Waals surface area contributed by atoms with Crippen molar-refractivity contribution in [3.05, 3.63) is 35.4 Å². The van der Waals surface area contributed by atoms with E-state index in [-0.39, 0.29) is 47.2 Å².